The van der Waals surface area contributed by atoms with Crippen LogP contribution in [0.1, 0.15) is 30.0 Å². The third-order valence-corrected chi connectivity index (χ3v) is 9.23. The number of aromatic nitrogens is 1. The zero-order valence-electron chi connectivity index (χ0n) is 18.4. The number of carbonyl (C=O) groups is 1. The van der Waals surface area contributed by atoms with Gasteiger partial charge in [0.15, 0.2) is 9.84 Å². The number of thioether (sulfide) groups is 1. The Morgan fingerprint density at radius 3 is 2.58 bits per heavy atom. The summed E-state index contributed by atoms with van der Waals surface area (Å²) in [5.41, 5.74) is 0.800. The second-order valence-corrected chi connectivity index (χ2v) is 12.0. The van der Waals surface area contributed by atoms with E-state index in [-0.39, 0.29) is 28.5 Å². The normalized spacial score (nSPS) is 24.0. The van der Waals surface area contributed by atoms with E-state index in [9.17, 15) is 23.3 Å². The molecule has 9 nitrogen and oxygen atoms in total. The number of ether oxygens (including phenoxy) is 1. The van der Waals surface area contributed by atoms with E-state index in [0.717, 1.165) is 11.8 Å². The standard InChI is InChI=1S/C21H24N4O5S3/c1-3-24-18(23-5-7-30-8-6-23)15(13(2)16(11-22)19(24)26)10-17-20(27)25(21(31)32-17)14-4-9-33(28,29)12-14/h10,14H,3-9,12H2,1-2H3/b17-10-. The quantitative estimate of drug-likeness (QED) is 0.438. The van der Waals surface area contributed by atoms with Crippen molar-refractivity contribution in [2.45, 2.75) is 32.9 Å². The van der Waals surface area contributed by atoms with Crippen LogP contribution in [0.15, 0.2) is 9.70 Å². The highest BCUT2D eigenvalue weighted by atomic mass is 32.2. The van der Waals surface area contributed by atoms with Crippen molar-refractivity contribution in [1.29, 1.82) is 5.26 Å². The van der Waals surface area contributed by atoms with Crippen LogP contribution in [0, 0.1) is 18.3 Å². The van der Waals surface area contributed by atoms with Gasteiger partial charge < -0.3 is 9.64 Å². The van der Waals surface area contributed by atoms with Gasteiger partial charge in [0.25, 0.3) is 11.5 Å². The molecule has 3 fully saturated rings. The zero-order chi connectivity index (χ0) is 23.9. The molecule has 0 aliphatic carbocycles. The first kappa shape index (κ1) is 23.9. The van der Waals surface area contributed by atoms with E-state index in [1.165, 1.54) is 4.90 Å². The van der Waals surface area contributed by atoms with Crippen LogP contribution in [0.5, 0.6) is 0 Å². The SMILES string of the molecule is CCn1c(N2CCOCC2)c(/C=C2\SC(=S)N(C3CCS(=O)(=O)C3)C2=O)c(C)c(C#N)c1=O. The van der Waals surface area contributed by atoms with Crippen LogP contribution in [0.25, 0.3) is 6.08 Å². The Labute approximate surface area is 201 Å². The average molecular weight is 509 g/mol. The summed E-state index contributed by atoms with van der Waals surface area (Å²) in [4.78, 5) is 30.1. The Hall–Kier alpha value is -2.20. The fraction of sp³-hybridized carbons (Fsp3) is 0.524. The number of amides is 1. The second-order valence-electron chi connectivity index (χ2n) is 8.11. The van der Waals surface area contributed by atoms with E-state index in [2.05, 4.69) is 0 Å². The van der Waals surface area contributed by atoms with Crippen molar-refractivity contribution in [2.75, 3.05) is 42.7 Å². The molecular weight excluding hydrogens is 484 g/mol. The zero-order valence-corrected chi connectivity index (χ0v) is 20.8. The number of thiocarbonyl (C=S) groups is 1. The average Bonchev–Trinajstić information content (AvgIpc) is 3.27. The first-order valence-electron chi connectivity index (χ1n) is 10.7. The summed E-state index contributed by atoms with van der Waals surface area (Å²) >= 11 is 6.55. The molecule has 3 aliphatic heterocycles. The number of nitriles is 1. The molecule has 33 heavy (non-hydrogen) atoms. The van der Waals surface area contributed by atoms with Gasteiger partial charge in [-0.2, -0.15) is 5.26 Å². The molecule has 0 aromatic carbocycles. The van der Waals surface area contributed by atoms with Gasteiger partial charge in [0.1, 0.15) is 21.8 Å². The number of nitrogens with zero attached hydrogens (tertiary/aromatic N) is 4. The van der Waals surface area contributed by atoms with Crippen LogP contribution < -0.4 is 10.5 Å². The molecular formula is C21H24N4O5S3. The molecule has 0 N–H and O–H groups in total. The van der Waals surface area contributed by atoms with E-state index in [0.29, 0.717) is 65.4 Å². The smallest absolute Gasteiger partial charge is 0.270 e. The third-order valence-electron chi connectivity index (χ3n) is 6.15. The molecule has 1 atom stereocenters. The van der Waals surface area contributed by atoms with Crippen LogP contribution >= 0.6 is 24.0 Å². The largest absolute Gasteiger partial charge is 0.378 e. The number of hydrogen-bond acceptors (Lipinski definition) is 9. The summed E-state index contributed by atoms with van der Waals surface area (Å²) in [5.74, 6) is 0.258. The Kier molecular flexibility index (Phi) is 6.68. The molecule has 4 heterocycles. The Morgan fingerprint density at radius 1 is 1.30 bits per heavy atom. The number of morpholine rings is 1. The topological polar surface area (TPSA) is 113 Å². The molecule has 3 aliphatic rings. The molecule has 3 saturated heterocycles. The molecule has 4 rings (SSSR count). The Morgan fingerprint density at radius 2 is 2.00 bits per heavy atom. The molecule has 1 unspecified atom stereocenters. The molecule has 0 bridgehead atoms. The molecule has 0 spiro atoms. The predicted octanol–water partition coefficient (Wildman–Crippen LogP) is 1.27. The minimum Gasteiger partial charge on any atom is -0.378 e. The minimum atomic E-state index is -3.18. The maximum absolute atomic E-state index is 13.3. The van der Waals surface area contributed by atoms with Gasteiger partial charge in [0.05, 0.1) is 35.7 Å². The van der Waals surface area contributed by atoms with Gasteiger partial charge in [-0.05, 0) is 31.9 Å². The van der Waals surface area contributed by atoms with Gasteiger partial charge in [-0.1, -0.05) is 24.0 Å². The maximum Gasteiger partial charge on any atom is 0.270 e. The number of sulfone groups is 1. The van der Waals surface area contributed by atoms with Crippen molar-refractivity contribution < 1.29 is 17.9 Å². The van der Waals surface area contributed by atoms with Gasteiger partial charge in [0.2, 0.25) is 0 Å². The van der Waals surface area contributed by atoms with E-state index in [1.54, 1.807) is 17.6 Å². The molecule has 12 heteroatoms. The third kappa shape index (κ3) is 4.35. The van der Waals surface area contributed by atoms with Crippen molar-refractivity contribution in [2.24, 2.45) is 0 Å². The van der Waals surface area contributed by atoms with Crippen molar-refractivity contribution in [3.63, 3.8) is 0 Å². The van der Waals surface area contributed by atoms with Crippen LogP contribution in [0.3, 0.4) is 0 Å². The monoisotopic (exact) mass is 508 g/mol. The van der Waals surface area contributed by atoms with Crippen LogP contribution in [0.4, 0.5) is 5.82 Å². The highest BCUT2D eigenvalue weighted by Gasteiger charge is 2.42. The molecule has 0 saturated carbocycles. The maximum atomic E-state index is 13.3. The lowest BCUT2D eigenvalue weighted by Crippen LogP contribution is -2.41. The van der Waals surface area contributed by atoms with E-state index in [4.69, 9.17) is 17.0 Å². The number of anilines is 1. The molecule has 1 amide bonds. The molecule has 0 radical (unpaired) electrons. The summed E-state index contributed by atoms with van der Waals surface area (Å²) in [6.07, 6.45) is 2.05. The predicted molar refractivity (Wildman–Crippen MR) is 131 cm³/mol. The Balaban J connectivity index is 1.83. The van der Waals surface area contributed by atoms with Gasteiger partial charge in [-0.15, -0.1) is 0 Å². The molecule has 176 valence electrons. The summed E-state index contributed by atoms with van der Waals surface area (Å²) in [6.45, 7) is 6.08. The van der Waals surface area contributed by atoms with Gasteiger partial charge in [0, 0.05) is 25.2 Å². The molecule has 1 aromatic rings. The van der Waals surface area contributed by atoms with Gasteiger partial charge in [-0.25, -0.2) is 8.42 Å². The van der Waals surface area contributed by atoms with Gasteiger partial charge in [-0.3, -0.25) is 19.1 Å². The van der Waals surface area contributed by atoms with Crippen LogP contribution in [0.2, 0.25) is 0 Å². The second kappa shape index (κ2) is 9.21. The number of rotatable bonds is 4. The van der Waals surface area contributed by atoms with Crippen LogP contribution in [-0.2, 0) is 25.9 Å². The van der Waals surface area contributed by atoms with E-state index < -0.39 is 15.9 Å². The highest BCUT2D eigenvalue weighted by Crippen LogP contribution is 2.38. The lowest BCUT2D eigenvalue weighted by Gasteiger charge is -2.33. The fourth-order valence-electron chi connectivity index (χ4n) is 4.46. The summed E-state index contributed by atoms with van der Waals surface area (Å²) in [5, 5.41) is 9.66. The van der Waals surface area contributed by atoms with Gasteiger partial charge >= 0.3 is 0 Å². The minimum absolute atomic E-state index is 0.0393. The van der Waals surface area contributed by atoms with E-state index in [1.807, 2.05) is 17.9 Å². The summed E-state index contributed by atoms with van der Waals surface area (Å²) in [7, 11) is -3.18. The summed E-state index contributed by atoms with van der Waals surface area (Å²) in [6, 6.07) is 1.55. The number of hydrogen-bond donors (Lipinski definition) is 0. The van der Waals surface area contributed by atoms with Crippen molar-refractivity contribution in [3.05, 3.63) is 31.9 Å². The lowest BCUT2D eigenvalue weighted by molar-refractivity contribution is -0.123. The first-order chi connectivity index (χ1) is 15.7. The van der Waals surface area contributed by atoms with E-state index >= 15 is 0 Å². The Bertz CT molecular complexity index is 1260. The summed E-state index contributed by atoms with van der Waals surface area (Å²) < 4.78 is 31.2. The lowest BCUT2D eigenvalue weighted by atomic mass is 10.0. The number of carbonyl (C=O) groups excluding carboxylic acids is 1. The fourth-order valence-corrected chi connectivity index (χ4v) is 7.54. The highest BCUT2D eigenvalue weighted by molar-refractivity contribution is 8.26. The molecule has 1 aromatic heterocycles. The van der Waals surface area contributed by atoms with Crippen molar-refractivity contribution in [1.82, 2.24) is 9.47 Å². The van der Waals surface area contributed by atoms with Crippen molar-refractivity contribution in [3.8, 4) is 6.07 Å². The number of pyridine rings is 1. The van der Waals surface area contributed by atoms with Crippen molar-refractivity contribution >= 4 is 55.9 Å². The van der Waals surface area contributed by atoms with Crippen LogP contribution in [-0.4, -0.2) is 72.0 Å². The first-order valence-corrected chi connectivity index (χ1v) is 13.7.